The normalized spacial score (nSPS) is 11.8. The number of sulfonamides is 1. The van der Waals surface area contributed by atoms with Crippen LogP contribution in [0.25, 0.3) is 11.0 Å². The Labute approximate surface area is 147 Å². The van der Waals surface area contributed by atoms with Crippen molar-refractivity contribution in [3.05, 3.63) is 56.9 Å². The Hall–Kier alpha value is -2.06. The lowest BCUT2D eigenvalue weighted by atomic mass is 10.2. The predicted octanol–water partition coefficient (Wildman–Crippen LogP) is 2.75. The minimum absolute atomic E-state index is 0.152. The summed E-state index contributed by atoms with van der Waals surface area (Å²) in [4.78, 5) is 12.2. The van der Waals surface area contributed by atoms with Crippen LogP contribution in [0.5, 0.6) is 0 Å². The summed E-state index contributed by atoms with van der Waals surface area (Å²) < 4.78 is 31.8. The van der Waals surface area contributed by atoms with Crippen LogP contribution in [0.2, 0.25) is 0 Å². The van der Waals surface area contributed by atoms with Crippen LogP contribution in [0.1, 0.15) is 5.56 Å². The van der Waals surface area contributed by atoms with E-state index in [0.29, 0.717) is 22.3 Å². The first kappa shape index (κ1) is 16.8. The van der Waals surface area contributed by atoms with Gasteiger partial charge in [0.2, 0.25) is 0 Å². The van der Waals surface area contributed by atoms with Crippen LogP contribution < -0.4 is 10.4 Å². The van der Waals surface area contributed by atoms with Gasteiger partial charge in [0.25, 0.3) is 10.0 Å². The van der Waals surface area contributed by atoms with E-state index in [1.807, 2.05) is 0 Å². The van der Waals surface area contributed by atoms with Crippen LogP contribution in [-0.2, 0) is 24.1 Å². The lowest BCUT2D eigenvalue weighted by Crippen LogP contribution is -2.19. The van der Waals surface area contributed by atoms with Gasteiger partial charge in [-0.1, -0.05) is 15.9 Å². The lowest BCUT2D eigenvalue weighted by molar-refractivity contribution is 0.600. The molecular weight excluding hydrogens is 394 g/mol. The van der Waals surface area contributed by atoms with Gasteiger partial charge >= 0.3 is 5.69 Å². The molecule has 1 aromatic heterocycles. The van der Waals surface area contributed by atoms with Crippen molar-refractivity contribution in [3.63, 3.8) is 0 Å². The van der Waals surface area contributed by atoms with Gasteiger partial charge in [-0.25, -0.2) is 13.2 Å². The smallest absolute Gasteiger partial charge is 0.295 e. The molecule has 8 heteroatoms. The summed E-state index contributed by atoms with van der Waals surface area (Å²) in [6, 6.07) is 10.1. The minimum atomic E-state index is -3.76. The molecule has 6 nitrogen and oxygen atoms in total. The van der Waals surface area contributed by atoms with Crippen LogP contribution in [-0.4, -0.2) is 17.6 Å². The van der Waals surface area contributed by atoms with E-state index >= 15 is 0 Å². The highest BCUT2D eigenvalue weighted by atomic mass is 79.9. The third kappa shape index (κ3) is 2.76. The first-order valence-corrected chi connectivity index (χ1v) is 9.43. The van der Waals surface area contributed by atoms with Crippen molar-refractivity contribution >= 4 is 42.7 Å². The van der Waals surface area contributed by atoms with E-state index in [-0.39, 0.29) is 10.6 Å². The molecule has 0 radical (unpaired) electrons. The molecule has 0 fully saturated rings. The number of aromatic nitrogens is 2. The molecule has 2 aromatic carbocycles. The molecule has 0 atom stereocenters. The fraction of sp³-hybridized carbons (Fsp3) is 0.188. The number of hydrogen-bond acceptors (Lipinski definition) is 3. The fourth-order valence-electron chi connectivity index (χ4n) is 2.65. The Morgan fingerprint density at radius 1 is 1.00 bits per heavy atom. The molecule has 0 amide bonds. The van der Waals surface area contributed by atoms with Crippen molar-refractivity contribution in [1.29, 1.82) is 0 Å². The van der Waals surface area contributed by atoms with E-state index in [2.05, 4.69) is 20.7 Å². The van der Waals surface area contributed by atoms with Gasteiger partial charge in [-0.05, 0) is 48.9 Å². The summed E-state index contributed by atoms with van der Waals surface area (Å²) in [5.41, 5.74) is 2.12. The highest BCUT2D eigenvalue weighted by Crippen LogP contribution is 2.25. The molecule has 0 unspecified atom stereocenters. The van der Waals surface area contributed by atoms with Gasteiger partial charge in [-0.3, -0.25) is 13.9 Å². The zero-order valence-corrected chi connectivity index (χ0v) is 15.8. The van der Waals surface area contributed by atoms with Gasteiger partial charge in [0, 0.05) is 24.3 Å². The molecule has 0 spiro atoms. The topological polar surface area (TPSA) is 73.1 Å². The maximum Gasteiger partial charge on any atom is 0.328 e. The van der Waals surface area contributed by atoms with Crippen molar-refractivity contribution in [2.75, 3.05) is 4.72 Å². The number of nitrogens with one attached hydrogen (secondary N) is 1. The van der Waals surface area contributed by atoms with Crippen molar-refractivity contribution in [2.45, 2.75) is 11.8 Å². The van der Waals surface area contributed by atoms with Crippen molar-refractivity contribution in [1.82, 2.24) is 9.13 Å². The van der Waals surface area contributed by atoms with E-state index in [1.54, 1.807) is 51.4 Å². The van der Waals surface area contributed by atoms with Gasteiger partial charge in [0.05, 0.1) is 15.9 Å². The molecule has 1 heterocycles. The number of hydrogen-bond donors (Lipinski definition) is 1. The SMILES string of the molecule is Cc1cc2c(cc1S(=O)(=O)Nc1ccc(Br)cc1)n(C)c(=O)n2C. The quantitative estimate of drug-likeness (QED) is 0.722. The third-order valence-corrected chi connectivity index (χ3v) is 6.01. The molecule has 0 aliphatic rings. The lowest BCUT2D eigenvalue weighted by Gasteiger charge is -2.11. The fourth-order valence-corrected chi connectivity index (χ4v) is 4.22. The average Bonchev–Trinajstić information content (AvgIpc) is 2.73. The molecule has 1 N–H and O–H groups in total. The van der Waals surface area contributed by atoms with Crippen LogP contribution in [0, 0.1) is 6.92 Å². The minimum Gasteiger partial charge on any atom is -0.295 e. The monoisotopic (exact) mass is 409 g/mol. The number of aryl methyl sites for hydroxylation is 3. The Kier molecular flexibility index (Phi) is 4.05. The average molecular weight is 410 g/mol. The largest absolute Gasteiger partial charge is 0.328 e. The first-order chi connectivity index (χ1) is 11.2. The summed E-state index contributed by atoms with van der Waals surface area (Å²) in [7, 11) is -0.470. The number of halogens is 1. The van der Waals surface area contributed by atoms with E-state index in [0.717, 1.165) is 4.47 Å². The Bertz CT molecular complexity index is 1100. The standard InChI is InChI=1S/C16H16BrN3O3S/c1-10-8-13-14(20(3)16(21)19(13)2)9-15(10)24(22,23)18-12-6-4-11(17)5-7-12/h4-9,18H,1-3H3. The molecule has 0 saturated heterocycles. The number of rotatable bonds is 3. The summed E-state index contributed by atoms with van der Waals surface area (Å²) in [5.74, 6) is 0. The Morgan fingerprint density at radius 2 is 1.54 bits per heavy atom. The summed E-state index contributed by atoms with van der Waals surface area (Å²) >= 11 is 3.31. The number of benzene rings is 2. The van der Waals surface area contributed by atoms with E-state index in [1.165, 1.54) is 15.2 Å². The van der Waals surface area contributed by atoms with Gasteiger partial charge in [-0.15, -0.1) is 0 Å². The van der Waals surface area contributed by atoms with Crippen molar-refractivity contribution in [3.8, 4) is 0 Å². The van der Waals surface area contributed by atoms with Crippen molar-refractivity contribution < 1.29 is 8.42 Å². The van der Waals surface area contributed by atoms with Crippen molar-refractivity contribution in [2.24, 2.45) is 14.1 Å². The Morgan fingerprint density at radius 3 is 2.12 bits per heavy atom. The summed E-state index contributed by atoms with van der Waals surface area (Å²) in [5, 5.41) is 0. The Balaban J connectivity index is 2.13. The van der Waals surface area contributed by atoms with E-state index in [4.69, 9.17) is 0 Å². The number of nitrogens with zero attached hydrogens (tertiary/aromatic N) is 2. The predicted molar refractivity (Wildman–Crippen MR) is 97.8 cm³/mol. The van der Waals surface area contributed by atoms with E-state index in [9.17, 15) is 13.2 Å². The first-order valence-electron chi connectivity index (χ1n) is 7.15. The zero-order chi connectivity index (χ0) is 17.6. The maximum absolute atomic E-state index is 12.7. The highest BCUT2D eigenvalue weighted by molar-refractivity contribution is 9.10. The second kappa shape index (κ2) is 5.78. The molecule has 126 valence electrons. The molecule has 0 aliphatic heterocycles. The van der Waals surface area contributed by atoms with Crippen LogP contribution in [0.4, 0.5) is 5.69 Å². The summed E-state index contributed by atoms with van der Waals surface area (Å²) in [6.07, 6.45) is 0. The maximum atomic E-state index is 12.7. The van der Waals surface area contributed by atoms with E-state index < -0.39 is 10.0 Å². The molecular formula is C16H16BrN3O3S. The highest BCUT2D eigenvalue weighted by Gasteiger charge is 2.20. The number of imidazole rings is 1. The van der Waals surface area contributed by atoms with Gasteiger partial charge in [0.1, 0.15) is 0 Å². The molecule has 3 rings (SSSR count). The van der Waals surface area contributed by atoms with Gasteiger partial charge in [-0.2, -0.15) is 0 Å². The second-order valence-electron chi connectivity index (χ2n) is 5.62. The number of fused-ring (bicyclic) bond motifs is 1. The summed E-state index contributed by atoms with van der Waals surface area (Å²) in [6.45, 7) is 1.72. The third-order valence-electron chi connectivity index (χ3n) is 3.95. The second-order valence-corrected chi connectivity index (χ2v) is 8.19. The molecule has 3 aromatic rings. The van der Waals surface area contributed by atoms with Crippen LogP contribution in [0.15, 0.2) is 50.6 Å². The number of anilines is 1. The molecule has 0 saturated carbocycles. The van der Waals surface area contributed by atoms with Gasteiger partial charge in [0.15, 0.2) is 0 Å². The zero-order valence-electron chi connectivity index (χ0n) is 13.4. The van der Waals surface area contributed by atoms with Gasteiger partial charge < -0.3 is 0 Å². The molecule has 24 heavy (non-hydrogen) atoms. The van der Waals surface area contributed by atoms with Crippen LogP contribution >= 0.6 is 15.9 Å². The molecule has 0 aliphatic carbocycles. The molecule has 0 bridgehead atoms. The van der Waals surface area contributed by atoms with Crippen LogP contribution in [0.3, 0.4) is 0 Å².